The minimum Gasteiger partial charge on any atom is -0.393 e. The van der Waals surface area contributed by atoms with Gasteiger partial charge in [0.25, 0.3) is 5.95 Å². The second kappa shape index (κ2) is 5.04. The summed E-state index contributed by atoms with van der Waals surface area (Å²) in [6, 6.07) is 1.79. The van der Waals surface area contributed by atoms with Crippen molar-refractivity contribution in [1.82, 2.24) is 24.7 Å². The molecule has 0 radical (unpaired) electrons. The summed E-state index contributed by atoms with van der Waals surface area (Å²) in [5.41, 5.74) is 5.75. The molecule has 1 fully saturated rings. The number of aliphatic hydroxyl groups is 1. The number of aromatic nitrogens is 5. The molecule has 3 N–H and O–H groups in total. The summed E-state index contributed by atoms with van der Waals surface area (Å²) in [6.07, 6.45) is 3.99. The number of aliphatic hydroxyl groups excluding tert-OH is 1. The van der Waals surface area contributed by atoms with E-state index in [1.165, 1.54) is 0 Å². The minimum absolute atomic E-state index is 0.168. The Morgan fingerprint density at radius 1 is 1.35 bits per heavy atom. The van der Waals surface area contributed by atoms with E-state index in [1.54, 1.807) is 23.1 Å². The number of nitrogens with zero attached hydrogens (tertiary/aromatic N) is 6. The molecule has 8 heteroatoms. The van der Waals surface area contributed by atoms with Gasteiger partial charge in [-0.3, -0.25) is 0 Å². The number of rotatable bonds is 3. The zero-order chi connectivity index (χ0) is 14.1. The lowest BCUT2D eigenvalue weighted by Gasteiger charge is -2.18. The predicted octanol–water partition coefficient (Wildman–Crippen LogP) is -0.153. The van der Waals surface area contributed by atoms with Crippen molar-refractivity contribution in [3.8, 4) is 5.95 Å². The van der Waals surface area contributed by atoms with E-state index in [4.69, 9.17) is 5.73 Å². The van der Waals surface area contributed by atoms with Crippen LogP contribution in [0.4, 0.5) is 11.9 Å². The topological polar surface area (TPSA) is 106 Å². The molecular formula is C12H17N7O. The fourth-order valence-electron chi connectivity index (χ4n) is 2.36. The van der Waals surface area contributed by atoms with E-state index in [1.807, 2.05) is 11.8 Å². The van der Waals surface area contributed by atoms with Gasteiger partial charge >= 0.3 is 0 Å². The fourth-order valence-corrected chi connectivity index (χ4v) is 2.36. The Morgan fingerprint density at radius 3 is 2.80 bits per heavy atom. The normalized spacial score (nSPS) is 20.3. The maximum absolute atomic E-state index is 9.66. The van der Waals surface area contributed by atoms with Gasteiger partial charge < -0.3 is 15.7 Å². The molecule has 0 bridgehead atoms. The Morgan fingerprint density at radius 2 is 2.15 bits per heavy atom. The molecule has 2 aromatic heterocycles. The molecule has 0 amide bonds. The Kier molecular flexibility index (Phi) is 3.23. The van der Waals surface area contributed by atoms with Crippen LogP contribution in [0.25, 0.3) is 5.95 Å². The van der Waals surface area contributed by atoms with Gasteiger partial charge in [0.2, 0.25) is 11.9 Å². The van der Waals surface area contributed by atoms with E-state index >= 15 is 0 Å². The van der Waals surface area contributed by atoms with E-state index in [-0.39, 0.29) is 18.0 Å². The van der Waals surface area contributed by atoms with Crippen LogP contribution in [0.15, 0.2) is 18.5 Å². The smallest absolute Gasteiger partial charge is 0.257 e. The van der Waals surface area contributed by atoms with Crippen LogP contribution in [0.2, 0.25) is 0 Å². The van der Waals surface area contributed by atoms with E-state index in [9.17, 15) is 5.11 Å². The van der Waals surface area contributed by atoms with Gasteiger partial charge in [0, 0.05) is 31.4 Å². The molecule has 1 aliphatic rings. The maximum Gasteiger partial charge on any atom is 0.257 e. The molecule has 2 aromatic rings. The second-order valence-electron chi connectivity index (χ2n) is 4.98. The van der Waals surface area contributed by atoms with Crippen molar-refractivity contribution >= 4 is 11.9 Å². The summed E-state index contributed by atoms with van der Waals surface area (Å²) < 4.78 is 1.55. The van der Waals surface area contributed by atoms with Crippen molar-refractivity contribution in [2.24, 2.45) is 5.92 Å². The van der Waals surface area contributed by atoms with Crippen LogP contribution in [0.5, 0.6) is 0 Å². The first-order chi connectivity index (χ1) is 9.63. The molecule has 2 unspecified atom stereocenters. The van der Waals surface area contributed by atoms with Crippen LogP contribution in [0.1, 0.15) is 13.3 Å². The zero-order valence-electron chi connectivity index (χ0n) is 11.2. The third-order valence-corrected chi connectivity index (χ3v) is 3.53. The van der Waals surface area contributed by atoms with Crippen LogP contribution < -0.4 is 10.6 Å². The lowest BCUT2D eigenvalue weighted by Crippen LogP contribution is -2.26. The molecule has 0 spiro atoms. The lowest BCUT2D eigenvalue weighted by atomic mass is 10.0. The van der Waals surface area contributed by atoms with Gasteiger partial charge in [0.05, 0.1) is 6.10 Å². The van der Waals surface area contributed by atoms with Gasteiger partial charge in [-0.2, -0.15) is 20.1 Å². The number of nitrogens with two attached hydrogens (primary N) is 1. The standard InChI is InChI=1S/C12H17N7O/c1-8(20)9-3-6-18(7-9)11-15-10(13)16-12(17-11)19-5-2-4-14-19/h2,4-5,8-9,20H,3,6-7H2,1H3,(H2,13,15,16,17). The van der Waals surface area contributed by atoms with E-state index < -0.39 is 0 Å². The third kappa shape index (κ3) is 2.42. The molecule has 20 heavy (non-hydrogen) atoms. The molecule has 1 aliphatic heterocycles. The molecule has 8 nitrogen and oxygen atoms in total. The van der Waals surface area contributed by atoms with Crippen LogP contribution in [-0.2, 0) is 0 Å². The average molecular weight is 275 g/mol. The van der Waals surface area contributed by atoms with Gasteiger partial charge in [0.1, 0.15) is 0 Å². The summed E-state index contributed by atoms with van der Waals surface area (Å²) in [5, 5.41) is 13.7. The number of hydrogen-bond donors (Lipinski definition) is 2. The molecule has 3 rings (SSSR count). The first kappa shape index (κ1) is 12.8. The highest BCUT2D eigenvalue weighted by Crippen LogP contribution is 2.23. The van der Waals surface area contributed by atoms with Crippen LogP contribution in [-0.4, -0.2) is 49.0 Å². The molecule has 0 aliphatic carbocycles. The highest BCUT2D eigenvalue weighted by Gasteiger charge is 2.28. The molecule has 3 heterocycles. The van der Waals surface area contributed by atoms with E-state index in [2.05, 4.69) is 20.1 Å². The van der Waals surface area contributed by atoms with Gasteiger partial charge in [-0.15, -0.1) is 0 Å². The molecule has 2 atom stereocenters. The quantitative estimate of drug-likeness (QED) is 0.802. The van der Waals surface area contributed by atoms with Gasteiger partial charge in [-0.25, -0.2) is 4.68 Å². The minimum atomic E-state index is -0.329. The largest absolute Gasteiger partial charge is 0.393 e. The zero-order valence-corrected chi connectivity index (χ0v) is 11.2. The highest BCUT2D eigenvalue weighted by atomic mass is 16.3. The molecule has 0 saturated carbocycles. The average Bonchev–Trinajstić information content (AvgIpc) is 3.10. The van der Waals surface area contributed by atoms with Gasteiger partial charge in [-0.05, 0) is 19.4 Å². The van der Waals surface area contributed by atoms with Gasteiger partial charge in [-0.1, -0.05) is 0 Å². The molecule has 1 saturated heterocycles. The van der Waals surface area contributed by atoms with Crippen molar-refractivity contribution in [3.63, 3.8) is 0 Å². The van der Waals surface area contributed by atoms with Crippen LogP contribution >= 0.6 is 0 Å². The monoisotopic (exact) mass is 275 g/mol. The number of nitrogen functional groups attached to an aromatic ring is 1. The molecule has 0 aromatic carbocycles. The second-order valence-corrected chi connectivity index (χ2v) is 4.98. The summed E-state index contributed by atoms with van der Waals surface area (Å²) >= 11 is 0. The van der Waals surface area contributed by atoms with Crippen LogP contribution in [0.3, 0.4) is 0 Å². The summed E-state index contributed by atoms with van der Waals surface area (Å²) in [4.78, 5) is 14.7. The SMILES string of the molecule is CC(O)C1CCN(c2nc(N)nc(-n3cccn3)n2)C1. The summed E-state index contributed by atoms with van der Waals surface area (Å²) in [6.45, 7) is 3.34. The maximum atomic E-state index is 9.66. The Labute approximate surface area is 116 Å². The summed E-state index contributed by atoms with van der Waals surface area (Å²) in [5.74, 6) is 1.34. The van der Waals surface area contributed by atoms with Crippen molar-refractivity contribution in [2.75, 3.05) is 23.7 Å². The van der Waals surface area contributed by atoms with Crippen molar-refractivity contribution in [2.45, 2.75) is 19.4 Å². The number of hydrogen-bond acceptors (Lipinski definition) is 7. The Bertz CT molecular complexity index is 583. The predicted molar refractivity (Wildman–Crippen MR) is 73.4 cm³/mol. The van der Waals surface area contributed by atoms with E-state index in [0.717, 1.165) is 19.5 Å². The first-order valence-electron chi connectivity index (χ1n) is 6.58. The third-order valence-electron chi connectivity index (χ3n) is 3.53. The number of anilines is 2. The first-order valence-corrected chi connectivity index (χ1v) is 6.58. The molecular weight excluding hydrogens is 258 g/mol. The fraction of sp³-hybridized carbons (Fsp3) is 0.500. The highest BCUT2D eigenvalue weighted by molar-refractivity contribution is 5.38. The van der Waals surface area contributed by atoms with Crippen molar-refractivity contribution in [1.29, 1.82) is 0 Å². The van der Waals surface area contributed by atoms with Crippen molar-refractivity contribution < 1.29 is 5.11 Å². The summed E-state index contributed by atoms with van der Waals surface area (Å²) in [7, 11) is 0. The van der Waals surface area contributed by atoms with Crippen LogP contribution in [0, 0.1) is 5.92 Å². The lowest BCUT2D eigenvalue weighted by molar-refractivity contribution is 0.136. The van der Waals surface area contributed by atoms with Crippen molar-refractivity contribution in [3.05, 3.63) is 18.5 Å². The molecule has 106 valence electrons. The van der Waals surface area contributed by atoms with Gasteiger partial charge in [0.15, 0.2) is 0 Å². The Hall–Kier alpha value is -2.22. The van der Waals surface area contributed by atoms with E-state index in [0.29, 0.717) is 11.9 Å². The Balaban J connectivity index is 1.87.